The third-order valence-electron chi connectivity index (χ3n) is 6.79. The highest BCUT2D eigenvalue weighted by Crippen LogP contribution is 2.47. The quantitative estimate of drug-likeness (QED) is 0.725. The lowest BCUT2D eigenvalue weighted by Crippen LogP contribution is -2.48. The van der Waals surface area contributed by atoms with Crippen LogP contribution in [0.15, 0.2) is 42.7 Å². The number of anilines is 1. The molecular formula is C25H29N3O5. The van der Waals surface area contributed by atoms with Crippen molar-refractivity contribution in [3.8, 4) is 5.75 Å². The number of hydrogen-bond donors (Lipinski definition) is 2. The van der Waals surface area contributed by atoms with Crippen LogP contribution in [0.4, 0.5) is 5.69 Å². The van der Waals surface area contributed by atoms with Gasteiger partial charge in [-0.3, -0.25) is 14.6 Å². The van der Waals surface area contributed by atoms with Gasteiger partial charge in [0.15, 0.2) is 0 Å². The molecule has 8 heteroatoms. The fourth-order valence-electron chi connectivity index (χ4n) is 5.13. The predicted molar refractivity (Wildman–Crippen MR) is 121 cm³/mol. The van der Waals surface area contributed by atoms with Gasteiger partial charge in [0.05, 0.1) is 24.7 Å². The van der Waals surface area contributed by atoms with E-state index in [1.165, 1.54) is 12.6 Å². The van der Waals surface area contributed by atoms with Crippen molar-refractivity contribution in [1.82, 2.24) is 9.88 Å². The SMILES string of the molecule is O=C(Nc1ccc2c(c1)[C@H]1C[C@H](CC(=O)N3CCCCC3)O[C@H](CO)[C@H]1O2)c1cccnc1. The summed E-state index contributed by atoms with van der Waals surface area (Å²) in [5.74, 6) is 0.602. The van der Waals surface area contributed by atoms with Crippen LogP contribution in [0.3, 0.4) is 0 Å². The minimum atomic E-state index is -0.497. The number of nitrogens with one attached hydrogen (secondary N) is 1. The van der Waals surface area contributed by atoms with Gasteiger partial charge in [-0.25, -0.2) is 0 Å². The first-order valence-corrected chi connectivity index (χ1v) is 11.7. The van der Waals surface area contributed by atoms with Gasteiger partial charge in [0.25, 0.3) is 5.91 Å². The van der Waals surface area contributed by atoms with Crippen molar-refractivity contribution in [2.24, 2.45) is 0 Å². The molecule has 8 nitrogen and oxygen atoms in total. The van der Waals surface area contributed by atoms with Crippen molar-refractivity contribution in [3.63, 3.8) is 0 Å². The molecule has 0 unspecified atom stereocenters. The fraction of sp³-hybridized carbons (Fsp3) is 0.480. The molecule has 2 fully saturated rings. The van der Waals surface area contributed by atoms with Crippen molar-refractivity contribution in [3.05, 3.63) is 53.9 Å². The summed E-state index contributed by atoms with van der Waals surface area (Å²) in [6, 6.07) is 9.00. The molecule has 1 aromatic heterocycles. The largest absolute Gasteiger partial charge is 0.487 e. The van der Waals surface area contributed by atoms with Crippen molar-refractivity contribution in [2.75, 3.05) is 25.0 Å². The normalized spacial score (nSPS) is 26.2. The average molecular weight is 452 g/mol. The maximum absolute atomic E-state index is 12.8. The van der Waals surface area contributed by atoms with Gasteiger partial charge in [-0.05, 0) is 56.0 Å². The molecule has 0 bridgehead atoms. The Kier molecular flexibility index (Phi) is 6.28. The standard InChI is InChI=1S/C25H29N3O5/c29-15-22-24-20(12-18(32-22)13-23(30)28-9-2-1-3-10-28)19-11-17(6-7-21(19)33-24)27-25(31)16-5-4-8-26-14-16/h4-8,11,14,18,20,22,24,29H,1-3,9-10,12-13,15H2,(H,27,31)/t18-,20-,22-,24+/m1/s1. The second-order valence-electron chi connectivity index (χ2n) is 9.00. The number of rotatable bonds is 5. The Morgan fingerprint density at radius 3 is 2.79 bits per heavy atom. The third-order valence-corrected chi connectivity index (χ3v) is 6.79. The maximum atomic E-state index is 12.8. The van der Waals surface area contributed by atoms with Gasteiger partial charge in [-0.1, -0.05) is 0 Å². The van der Waals surface area contributed by atoms with E-state index in [1.54, 1.807) is 24.4 Å². The van der Waals surface area contributed by atoms with Crippen LogP contribution in [0, 0.1) is 0 Å². The highest BCUT2D eigenvalue weighted by molar-refractivity contribution is 6.04. The van der Waals surface area contributed by atoms with Crippen LogP contribution < -0.4 is 10.1 Å². The van der Waals surface area contributed by atoms with Crippen LogP contribution in [0.1, 0.15) is 53.9 Å². The number of pyridine rings is 1. The van der Waals surface area contributed by atoms with Gasteiger partial charge in [-0.2, -0.15) is 0 Å². The van der Waals surface area contributed by atoms with E-state index in [1.807, 2.05) is 17.0 Å². The Morgan fingerprint density at radius 1 is 1.18 bits per heavy atom. The van der Waals surface area contributed by atoms with Gasteiger partial charge in [0, 0.05) is 42.7 Å². The lowest BCUT2D eigenvalue weighted by molar-refractivity contribution is -0.149. The number of carbonyl (C=O) groups excluding carboxylic acids is 2. The van der Waals surface area contributed by atoms with E-state index in [-0.39, 0.29) is 36.5 Å². The number of carbonyl (C=O) groups is 2. The van der Waals surface area contributed by atoms with Crippen molar-refractivity contribution in [1.29, 1.82) is 0 Å². The molecule has 2 saturated heterocycles. The highest BCUT2D eigenvalue weighted by Gasteiger charge is 2.46. The number of aliphatic hydroxyl groups excluding tert-OH is 1. The molecule has 1 aromatic carbocycles. The Bertz CT molecular complexity index is 1010. The van der Waals surface area contributed by atoms with Crippen molar-refractivity contribution < 1.29 is 24.2 Å². The summed E-state index contributed by atoms with van der Waals surface area (Å²) >= 11 is 0. The Balaban J connectivity index is 1.31. The van der Waals surface area contributed by atoms with Crippen LogP contribution in [0.2, 0.25) is 0 Å². The summed E-state index contributed by atoms with van der Waals surface area (Å²) in [5.41, 5.74) is 2.12. The molecule has 0 aliphatic carbocycles. The van der Waals surface area contributed by atoms with Crippen LogP contribution in [0.25, 0.3) is 0 Å². The van der Waals surface area contributed by atoms with Gasteiger partial charge in [0.1, 0.15) is 18.0 Å². The summed E-state index contributed by atoms with van der Waals surface area (Å²) < 4.78 is 12.2. The number of fused-ring (bicyclic) bond motifs is 3. The van der Waals surface area contributed by atoms with E-state index in [2.05, 4.69) is 10.3 Å². The zero-order valence-electron chi connectivity index (χ0n) is 18.5. The molecule has 3 aliphatic heterocycles. The van der Waals surface area contributed by atoms with Crippen LogP contribution >= 0.6 is 0 Å². The second kappa shape index (κ2) is 9.49. The van der Waals surface area contributed by atoms with E-state index in [9.17, 15) is 14.7 Å². The van der Waals surface area contributed by atoms with E-state index < -0.39 is 6.10 Å². The third kappa shape index (κ3) is 4.58. The Labute approximate surface area is 192 Å². The van der Waals surface area contributed by atoms with Crippen LogP contribution in [0.5, 0.6) is 5.75 Å². The zero-order valence-corrected chi connectivity index (χ0v) is 18.5. The molecule has 2 amide bonds. The molecule has 2 N–H and O–H groups in total. The summed E-state index contributed by atoms with van der Waals surface area (Å²) in [7, 11) is 0. The molecule has 5 rings (SSSR count). The highest BCUT2D eigenvalue weighted by atomic mass is 16.6. The maximum Gasteiger partial charge on any atom is 0.257 e. The van der Waals surface area contributed by atoms with Crippen LogP contribution in [-0.4, -0.2) is 64.8 Å². The van der Waals surface area contributed by atoms with Crippen molar-refractivity contribution >= 4 is 17.5 Å². The molecule has 4 heterocycles. The molecule has 33 heavy (non-hydrogen) atoms. The van der Waals surface area contributed by atoms with Gasteiger partial charge in [-0.15, -0.1) is 0 Å². The van der Waals surface area contributed by atoms with Gasteiger partial charge < -0.3 is 24.8 Å². The van der Waals surface area contributed by atoms with Gasteiger partial charge >= 0.3 is 0 Å². The predicted octanol–water partition coefficient (Wildman–Crippen LogP) is 2.73. The minimum absolute atomic E-state index is 0.0136. The van der Waals surface area contributed by atoms with Crippen LogP contribution in [-0.2, 0) is 9.53 Å². The first-order valence-electron chi connectivity index (χ1n) is 11.7. The molecule has 0 spiro atoms. The topological polar surface area (TPSA) is 101 Å². The summed E-state index contributed by atoms with van der Waals surface area (Å²) in [5, 5.41) is 12.9. The van der Waals surface area contributed by atoms with E-state index in [0.717, 1.165) is 37.2 Å². The number of piperidine rings is 1. The molecule has 2 aromatic rings. The molecular weight excluding hydrogens is 422 g/mol. The Hall–Kier alpha value is -2.97. The first kappa shape index (κ1) is 21.9. The number of amides is 2. The van der Waals surface area contributed by atoms with Gasteiger partial charge in [0.2, 0.25) is 5.91 Å². The average Bonchev–Trinajstić information content (AvgIpc) is 3.22. The number of benzene rings is 1. The lowest BCUT2D eigenvalue weighted by Gasteiger charge is -2.38. The first-order chi connectivity index (χ1) is 16.1. The number of aromatic nitrogens is 1. The number of nitrogens with zero attached hydrogens (tertiary/aromatic N) is 2. The van der Waals surface area contributed by atoms with E-state index in [4.69, 9.17) is 9.47 Å². The number of ether oxygens (including phenoxy) is 2. The fourth-order valence-corrected chi connectivity index (χ4v) is 5.13. The van der Waals surface area contributed by atoms with E-state index in [0.29, 0.717) is 24.1 Å². The Morgan fingerprint density at radius 2 is 2.03 bits per heavy atom. The molecule has 3 aliphatic rings. The second-order valence-corrected chi connectivity index (χ2v) is 9.00. The summed E-state index contributed by atoms with van der Waals surface area (Å²) in [6.45, 7) is 1.45. The number of hydrogen-bond acceptors (Lipinski definition) is 6. The van der Waals surface area contributed by atoms with E-state index >= 15 is 0 Å². The monoisotopic (exact) mass is 451 g/mol. The molecule has 4 atom stereocenters. The number of likely N-dealkylation sites (tertiary alicyclic amines) is 1. The smallest absolute Gasteiger partial charge is 0.257 e. The number of aliphatic hydroxyl groups is 1. The van der Waals surface area contributed by atoms with Crippen molar-refractivity contribution in [2.45, 2.75) is 56.3 Å². The zero-order chi connectivity index (χ0) is 22.8. The molecule has 0 radical (unpaired) electrons. The minimum Gasteiger partial charge on any atom is -0.487 e. The molecule has 0 saturated carbocycles. The summed E-state index contributed by atoms with van der Waals surface area (Å²) in [6.07, 6.45) is 6.29. The molecule has 174 valence electrons. The lowest BCUT2D eigenvalue weighted by atomic mass is 9.84. The summed E-state index contributed by atoms with van der Waals surface area (Å²) in [4.78, 5) is 31.3.